The molecule has 27 heavy (non-hydrogen) atoms. The summed E-state index contributed by atoms with van der Waals surface area (Å²) in [4.78, 5) is 4.50. The lowest BCUT2D eigenvalue weighted by Gasteiger charge is -2.02. The molecule has 4 aromatic rings. The maximum atomic E-state index is 13.8. The van der Waals surface area contributed by atoms with Gasteiger partial charge in [0.2, 0.25) is 0 Å². The number of halogens is 2. The first-order valence-electron chi connectivity index (χ1n) is 8.31. The van der Waals surface area contributed by atoms with E-state index in [-0.39, 0.29) is 11.4 Å². The van der Waals surface area contributed by atoms with E-state index >= 15 is 0 Å². The Morgan fingerprint density at radius 3 is 2.74 bits per heavy atom. The lowest BCUT2D eigenvalue weighted by Crippen LogP contribution is -1.92. The van der Waals surface area contributed by atoms with Crippen LogP contribution in [-0.4, -0.2) is 14.8 Å². The van der Waals surface area contributed by atoms with Gasteiger partial charge in [-0.15, -0.1) is 0 Å². The van der Waals surface area contributed by atoms with Crippen molar-refractivity contribution in [3.05, 3.63) is 89.9 Å². The fraction of sp³-hybridized carbons (Fsp3) is 0.0455. The summed E-state index contributed by atoms with van der Waals surface area (Å²) in [6.07, 6.45) is 5.54. The van der Waals surface area contributed by atoms with Gasteiger partial charge in [-0.2, -0.15) is 5.10 Å². The third kappa shape index (κ3) is 3.69. The van der Waals surface area contributed by atoms with Gasteiger partial charge in [-0.3, -0.25) is 9.67 Å². The van der Waals surface area contributed by atoms with Gasteiger partial charge in [-0.25, -0.2) is 4.39 Å². The topological polar surface area (TPSA) is 30.7 Å². The summed E-state index contributed by atoms with van der Waals surface area (Å²) >= 11 is 5.91. The third-order valence-electron chi connectivity index (χ3n) is 4.15. The summed E-state index contributed by atoms with van der Waals surface area (Å²) in [6.45, 7) is 4.39. The monoisotopic (exact) mass is 374 g/mol. The van der Waals surface area contributed by atoms with E-state index in [4.69, 9.17) is 11.6 Å². The van der Waals surface area contributed by atoms with Crippen molar-refractivity contribution in [1.29, 1.82) is 0 Å². The predicted molar refractivity (Wildman–Crippen MR) is 106 cm³/mol. The highest BCUT2D eigenvalue weighted by molar-refractivity contribution is 6.30. The van der Waals surface area contributed by atoms with Gasteiger partial charge in [-0.05, 0) is 49.4 Å². The van der Waals surface area contributed by atoms with E-state index in [0.29, 0.717) is 11.6 Å². The number of hydrogen-bond acceptors (Lipinski definition) is 2. The highest BCUT2D eigenvalue weighted by Crippen LogP contribution is 2.23. The lowest BCUT2D eigenvalue weighted by atomic mass is 10.1. The minimum absolute atomic E-state index is 0.273. The molecule has 0 atom stereocenters. The van der Waals surface area contributed by atoms with Crippen molar-refractivity contribution in [2.75, 3.05) is 0 Å². The van der Waals surface area contributed by atoms with Crippen LogP contribution in [0.2, 0.25) is 5.02 Å². The molecule has 0 amide bonds. The van der Waals surface area contributed by atoms with E-state index in [9.17, 15) is 4.39 Å². The van der Waals surface area contributed by atoms with Crippen molar-refractivity contribution in [2.45, 2.75) is 6.54 Å². The van der Waals surface area contributed by atoms with E-state index in [1.807, 2.05) is 36.7 Å². The number of benzene rings is 2. The second-order valence-corrected chi connectivity index (χ2v) is 6.43. The van der Waals surface area contributed by atoms with Gasteiger partial charge in [0.05, 0.1) is 17.3 Å². The first-order valence-corrected chi connectivity index (χ1v) is 8.69. The molecule has 1 radical (unpaired) electrons. The molecule has 0 saturated heterocycles. The highest BCUT2D eigenvalue weighted by Gasteiger charge is 2.04. The molecule has 4 rings (SSSR count). The van der Waals surface area contributed by atoms with Crippen LogP contribution in [0.1, 0.15) is 11.1 Å². The number of hydrogen-bond donors (Lipinski definition) is 0. The first-order chi connectivity index (χ1) is 13.1. The minimum Gasteiger partial charge on any atom is -0.272 e. The van der Waals surface area contributed by atoms with E-state index in [1.54, 1.807) is 10.9 Å². The SMILES string of the molecule is [CH2]Cn1cc(-c2cnc3ccc(C#Cc4cc(Cl)ccc4F)cc3c2)cn1. The fourth-order valence-electron chi connectivity index (χ4n) is 2.73. The van der Waals surface area contributed by atoms with E-state index in [1.165, 1.54) is 18.2 Å². The van der Waals surface area contributed by atoms with Crippen LogP contribution in [0.4, 0.5) is 4.39 Å². The number of pyridine rings is 1. The second kappa shape index (κ2) is 7.22. The number of fused-ring (bicyclic) bond motifs is 1. The Kier molecular flexibility index (Phi) is 4.62. The van der Waals surface area contributed by atoms with Crippen LogP contribution in [0, 0.1) is 24.6 Å². The Morgan fingerprint density at radius 2 is 1.93 bits per heavy atom. The molecule has 0 N–H and O–H groups in total. The smallest absolute Gasteiger partial charge is 0.138 e. The van der Waals surface area contributed by atoms with Gasteiger partial charge < -0.3 is 0 Å². The Balaban J connectivity index is 1.71. The van der Waals surface area contributed by atoms with Crippen LogP contribution < -0.4 is 0 Å². The maximum absolute atomic E-state index is 13.8. The Morgan fingerprint density at radius 1 is 1.04 bits per heavy atom. The first kappa shape index (κ1) is 17.3. The van der Waals surface area contributed by atoms with Gasteiger partial charge in [0, 0.05) is 46.0 Å². The second-order valence-electron chi connectivity index (χ2n) is 6.00. The van der Waals surface area contributed by atoms with Gasteiger partial charge in [-0.1, -0.05) is 23.4 Å². The zero-order valence-corrected chi connectivity index (χ0v) is 15.0. The zero-order valence-electron chi connectivity index (χ0n) is 14.3. The Hall–Kier alpha value is -3.16. The van der Waals surface area contributed by atoms with Crippen LogP contribution in [0.25, 0.3) is 22.0 Å². The normalized spacial score (nSPS) is 10.6. The standard InChI is InChI=1S/C22H14ClFN3/c1-2-27-14-19(13-26-27)18-10-17-9-15(4-8-22(17)25-12-18)3-5-16-11-20(23)6-7-21(16)24/h4,6-14H,1-2H2. The summed E-state index contributed by atoms with van der Waals surface area (Å²) in [5.41, 5.74) is 3.85. The molecule has 0 spiro atoms. The van der Waals surface area contributed by atoms with Crippen LogP contribution >= 0.6 is 11.6 Å². The molecule has 0 aliphatic heterocycles. The van der Waals surface area contributed by atoms with Crippen LogP contribution in [0.15, 0.2) is 61.1 Å². The molecule has 0 saturated carbocycles. The minimum atomic E-state index is -0.390. The van der Waals surface area contributed by atoms with Crippen LogP contribution in [0.3, 0.4) is 0 Å². The fourth-order valence-corrected chi connectivity index (χ4v) is 2.91. The number of aromatic nitrogens is 3. The predicted octanol–water partition coefficient (Wildman–Crippen LogP) is 5.12. The average molecular weight is 375 g/mol. The number of nitrogens with zero attached hydrogens (tertiary/aromatic N) is 3. The summed E-state index contributed by atoms with van der Waals surface area (Å²) in [6, 6.07) is 12.1. The average Bonchev–Trinajstić information content (AvgIpc) is 3.17. The van der Waals surface area contributed by atoms with Gasteiger partial charge in [0.1, 0.15) is 5.82 Å². The molecule has 2 aromatic carbocycles. The van der Waals surface area contributed by atoms with Gasteiger partial charge in [0.15, 0.2) is 0 Å². The van der Waals surface area contributed by atoms with Crippen molar-refractivity contribution in [3.63, 3.8) is 0 Å². The molecular formula is C22H14ClFN3. The summed E-state index contributed by atoms with van der Waals surface area (Å²) in [5.74, 6) is 5.44. The van der Waals surface area contributed by atoms with Crippen molar-refractivity contribution < 1.29 is 4.39 Å². The molecule has 2 heterocycles. The van der Waals surface area contributed by atoms with Crippen molar-refractivity contribution in [1.82, 2.24) is 14.8 Å². The molecular weight excluding hydrogens is 361 g/mol. The molecule has 2 aromatic heterocycles. The largest absolute Gasteiger partial charge is 0.272 e. The lowest BCUT2D eigenvalue weighted by molar-refractivity contribution is 0.624. The van der Waals surface area contributed by atoms with E-state index < -0.39 is 0 Å². The van der Waals surface area contributed by atoms with Crippen molar-refractivity contribution in [3.8, 4) is 23.0 Å². The van der Waals surface area contributed by atoms with E-state index in [2.05, 4.69) is 28.8 Å². The van der Waals surface area contributed by atoms with Gasteiger partial charge in [0.25, 0.3) is 0 Å². The number of rotatable bonds is 2. The molecule has 0 fully saturated rings. The van der Waals surface area contributed by atoms with Gasteiger partial charge >= 0.3 is 0 Å². The Labute approximate surface area is 161 Å². The molecule has 5 heteroatoms. The van der Waals surface area contributed by atoms with Crippen molar-refractivity contribution in [2.24, 2.45) is 0 Å². The van der Waals surface area contributed by atoms with Crippen LogP contribution in [0.5, 0.6) is 0 Å². The summed E-state index contributed by atoms with van der Waals surface area (Å²) in [7, 11) is 0. The van der Waals surface area contributed by atoms with Crippen LogP contribution in [-0.2, 0) is 6.54 Å². The van der Waals surface area contributed by atoms with Crippen molar-refractivity contribution >= 4 is 22.5 Å². The summed E-state index contributed by atoms with van der Waals surface area (Å²) in [5, 5.41) is 5.65. The molecule has 3 nitrogen and oxygen atoms in total. The molecule has 0 aliphatic rings. The molecule has 0 aliphatic carbocycles. The molecule has 0 bridgehead atoms. The van der Waals surface area contributed by atoms with E-state index in [0.717, 1.165) is 27.6 Å². The zero-order chi connectivity index (χ0) is 18.8. The molecule has 131 valence electrons. The third-order valence-corrected chi connectivity index (χ3v) is 4.38. The maximum Gasteiger partial charge on any atom is 0.138 e. The Bertz CT molecular complexity index is 1200. The molecule has 0 unspecified atom stereocenters. The summed E-state index contributed by atoms with van der Waals surface area (Å²) < 4.78 is 15.6. The highest BCUT2D eigenvalue weighted by atomic mass is 35.5. The quantitative estimate of drug-likeness (QED) is 0.456.